The van der Waals surface area contributed by atoms with Crippen molar-refractivity contribution in [2.45, 2.75) is 19.4 Å². The zero-order valence-electron chi connectivity index (χ0n) is 8.61. The number of ether oxygens (including phenoxy) is 1. The first-order chi connectivity index (χ1) is 6.92. The number of aromatic nitrogens is 1. The quantitative estimate of drug-likeness (QED) is 0.777. The third-order valence-electron chi connectivity index (χ3n) is 2.82. The summed E-state index contributed by atoms with van der Waals surface area (Å²) in [4.78, 5) is 0. The molecule has 0 radical (unpaired) electrons. The van der Waals surface area contributed by atoms with Gasteiger partial charge in [-0.2, -0.15) is 0 Å². The normalized spacial score (nSPS) is 18.1. The zero-order chi connectivity index (χ0) is 9.38. The topological polar surface area (TPSA) is 25.1 Å². The van der Waals surface area contributed by atoms with Crippen LogP contribution in [0.5, 0.6) is 5.75 Å². The van der Waals surface area contributed by atoms with Gasteiger partial charge in [0.15, 0.2) is 12.7 Å². The van der Waals surface area contributed by atoms with Crippen molar-refractivity contribution in [1.82, 2.24) is 0 Å². The Morgan fingerprint density at radius 1 is 1.47 bits per heavy atom. The average molecular weight is 228 g/mol. The van der Waals surface area contributed by atoms with Crippen molar-refractivity contribution in [2.75, 3.05) is 18.5 Å². The second kappa shape index (κ2) is 4.27. The van der Waals surface area contributed by atoms with Gasteiger partial charge in [0.05, 0.1) is 5.69 Å². The summed E-state index contributed by atoms with van der Waals surface area (Å²) in [6.07, 6.45) is 7.03. The molecule has 0 aromatic carbocycles. The van der Waals surface area contributed by atoms with Crippen LogP contribution in [0.2, 0.25) is 0 Å². The molecule has 1 fully saturated rings. The van der Waals surface area contributed by atoms with Gasteiger partial charge in [0.25, 0.3) is 0 Å². The van der Waals surface area contributed by atoms with E-state index in [4.69, 9.17) is 4.74 Å². The molecule has 82 valence electrons. The number of hydrogen-bond acceptors (Lipinski definition) is 2. The maximum atomic E-state index is 5.58. The smallest absolute Gasteiger partial charge is 0.213 e. The number of hydrogen-bond donors (Lipinski definition) is 1. The van der Waals surface area contributed by atoms with E-state index in [9.17, 15) is 0 Å². The molecule has 0 bridgehead atoms. The molecule has 1 aliphatic heterocycles. The summed E-state index contributed by atoms with van der Waals surface area (Å²) in [6, 6.07) is 2.11. The predicted octanol–water partition coefficient (Wildman–Crippen LogP) is 1.61. The maximum absolute atomic E-state index is 5.58. The van der Waals surface area contributed by atoms with Crippen LogP contribution in [0.25, 0.3) is 0 Å². The number of rotatable bonds is 2. The van der Waals surface area contributed by atoms with Gasteiger partial charge in [0.2, 0.25) is 11.9 Å². The molecule has 1 N–H and O–H groups in total. The summed E-state index contributed by atoms with van der Waals surface area (Å²) < 4.78 is 7.82. The van der Waals surface area contributed by atoms with E-state index in [2.05, 4.69) is 28.3 Å². The van der Waals surface area contributed by atoms with E-state index in [1.165, 1.54) is 12.8 Å². The van der Waals surface area contributed by atoms with Crippen molar-refractivity contribution < 1.29 is 9.30 Å². The predicted molar refractivity (Wildman–Crippen MR) is 60.6 cm³/mol. The highest BCUT2D eigenvalue weighted by atomic mass is 35.5. The van der Waals surface area contributed by atoms with Crippen molar-refractivity contribution in [3.63, 3.8) is 0 Å². The molecule has 0 atom stereocenters. The molecular formula is C11H16ClN2O+. The van der Waals surface area contributed by atoms with Gasteiger partial charge in [0, 0.05) is 18.5 Å². The molecule has 1 aromatic heterocycles. The van der Waals surface area contributed by atoms with Crippen LogP contribution in [0.15, 0.2) is 18.5 Å². The van der Waals surface area contributed by atoms with Crippen LogP contribution in [-0.2, 0) is 6.54 Å². The minimum atomic E-state index is 0. The Bertz CT molecular complexity index is 352. The Labute approximate surface area is 95.9 Å². The molecule has 3 rings (SSSR count). The van der Waals surface area contributed by atoms with Crippen LogP contribution in [0.1, 0.15) is 12.8 Å². The molecular weight excluding hydrogens is 212 g/mol. The fourth-order valence-corrected chi connectivity index (χ4v) is 1.84. The third kappa shape index (κ3) is 2.34. The van der Waals surface area contributed by atoms with Crippen LogP contribution >= 0.6 is 12.4 Å². The molecule has 0 unspecified atom stereocenters. The lowest BCUT2D eigenvalue weighted by atomic mass is 10.3. The third-order valence-corrected chi connectivity index (χ3v) is 2.82. The number of halogens is 1. The van der Waals surface area contributed by atoms with E-state index >= 15 is 0 Å². The van der Waals surface area contributed by atoms with Crippen molar-refractivity contribution in [3.8, 4) is 5.75 Å². The van der Waals surface area contributed by atoms with E-state index < -0.39 is 0 Å². The minimum absolute atomic E-state index is 0. The van der Waals surface area contributed by atoms with E-state index in [-0.39, 0.29) is 12.4 Å². The van der Waals surface area contributed by atoms with Gasteiger partial charge in [-0.25, -0.2) is 4.57 Å². The number of anilines is 1. The first-order valence-corrected chi connectivity index (χ1v) is 5.31. The number of pyridine rings is 1. The Hall–Kier alpha value is -0.960. The van der Waals surface area contributed by atoms with E-state index in [1.54, 1.807) is 0 Å². The van der Waals surface area contributed by atoms with Crippen LogP contribution in [0.4, 0.5) is 5.69 Å². The van der Waals surface area contributed by atoms with E-state index in [1.807, 2.05) is 0 Å². The van der Waals surface area contributed by atoms with Gasteiger partial charge >= 0.3 is 0 Å². The van der Waals surface area contributed by atoms with Gasteiger partial charge in [-0.05, 0) is 12.8 Å². The van der Waals surface area contributed by atoms with Crippen LogP contribution in [0, 0.1) is 5.92 Å². The second-order valence-corrected chi connectivity index (χ2v) is 4.14. The number of nitrogens with one attached hydrogen (secondary N) is 1. The van der Waals surface area contributed by atoms with Crippen molar-refractivity contribution in [1.29, 1.82) is 0 Å². The van der Waals surface area contributed by atoms with Crippen LogP contribution in [-0.4, -0.2) is 13.2 Å². The standard InChI is InChI=1S/C11H14N2O.ClH/c1-2-9(1)7-13-5-3-10-11(8-13)14-6-4-12-10;/h3,5,8-9H,1-2,4,6-7H2;1H/p+1. The molecule has 0 saturated heterocycles. The SMILES string of the molecule is Cl.c1c[n+](CC2CC2)cc2c1NCCO2. The summed E-state index contributed by atoms with van der Waals surface area (Å²) in [5.41, 5.74) is 1.13. The molecule has 0 amide bonds. The lowest BCUT2D eigenvalue weighted by molar-refractivity contribution is -0.700. The summed E-state index contributed by atoms with van der Waals surface area (Å²) in [5.74, 6) is 1.91. The van der Waals surface area contributed by atoms with Crippen molar-refractivity contribution in [3.05, 3.63) is 18.5 Å². The molecule has 0 spiro atoms. The first-order valence-electron chi connectivity index (χ1n) is 5.31. The summed E-state index contributed by atoms with van der Waals surface area (Å²) >= 11 is 0. The second-order valence-electron chi connectivity index (χ2n) is 4.14. The highest BCUT2D eigenvalue weighted by Gasteiger charge is 2.26. The average Bonchev–Trinajstić information content (AvgIpc) is 3.02. The van der Waals surface area contributed by atoms with E-state index in [0.717, 1.165) is 37.1 Å². The number of nitrogens with zero attached hydrogens (tertiary/aromatic N) is 1. The van der Waals surface area contributed by atoms with Crippen LogP contribution in [0.3, 0.4) is 0 Å². The van der Waals surface area contributed by atoms with Gasteiger partial charge < -0.3 is 10.1 Å². The molecule has 1 aromatic rings. The monoisotopic (exact) mass is 227 g/mol. The van der Waals surface area contributed by atoms with Gasteiger partial charge in [-0.3, -0.25) is 0 Å². The van der Waals surface area contributed by atoms with E-state index in [0.29, 0.717) is 0 Å². The maximum Gasteiger partial charge on any atom is 0.213 e. The van der Waals surface area contributed by atoms with Gasteiger partial charge in [0.1, 0.15) is 6.61 Å². The zero-order valence-corrected chi connectivity index (χ0v) is 9.43. The molecule has 15 heavy (non-hydrogen) atoms. The van der Waals surface area contributed by atoms with Gasteiger partial charge in [-0.15, -0.1) is 12.4 Å². The first kappa shape index (κ1) is 10.6. The van der Waals surface area contributed by atoms with Gasteiger partial charge in [-0.1, -0.05) is 0 Å². The Balaban J connectivity index is 0.000000853. The fraction of sp³-hybridized carbons (Fsp3) is 0.545. The Morgan fingerprint density at radius 3 is 3.13 bits per heavy atom. The lowest BCUT2D eigenvalue weighted by Crippen LogP contribution is -2.35. The summed E-state index contributed by atoms with van der Waals surface area (Å²) in [6.45, 7) is 2.84. The highest BCUT2D eigenvalue weighted by molar-refractivity contribution is 5.85. The van der Waals surface area contributed by atoms with Crippen LogP contribution < -0.4 is 14.6 Å². The largest absolute Gasteiger partial charge is 0.484 e. The Morgan fingerprint density at radius 2 is 2.33 bits per heavy atom. The number of fused-ring (bicyclic) bond motifs is 1. The minimum Gasteiger partial charge on any atom is -0.484 e. The lowest BCUT2D eigenvalue weighted by Gasteiger charge is -2.16. The molecule has 4 heteroatoms. The van der Waals surface area contributed by atoms with Crippen molar-refractivity contribution >= 4 is 18.1 Å². The highest BCUT2D eigenvalue weighted by Crippen LogP contribution is 2.30. The molecule has 1 aliphatic carbocycles. The molecule has 2 heterocycles. The molecule has 3 nitrogen and oxygen atoms in total. The summed E-state index contributed by atoms with van der Waals surface area (Å²) in [5, 5.41) is 3.32. The van der Waals surface area contributed by atoms with Crippen molar-refractivity contribution in [2.24, 2.45) is 5.92 Å². The molecule has 1 saturated carbocycles. The summed E-state index contributed by atoms with van der Waals surface area (Å²) in [7, 11) is 0. The Kier molecular flexibility index (Phi) is 3.00. The fourth-order valence-electron chi connectivity index (χ4n) is 1.84. The molecule has 2 aliphatic rings.